The molecular weight excluding hydrogens is 282 g/mol. The van der Waals surface area contributed by atoms with Crippen molar-refractivity contribution in [3.63, 3.8) is 0 Å². The Kier molecular flexibility index (Phi) is 4.16. The van der Waals surface area contributed by atoms with Gasteiger partial charge < -0.3 is 5.32 Å². The van der Waals surface area contributed by atoms with Crippen LogP contribution in [-0.4, -0.2) is 19.7 Å². The normalized spacial score (nSPS) is 13.0. The lowest BCUT2D eigenvalue weighted by atomic mass is 10.1. The molecule has 0 saturated carbocycles. The first-order valence-electron chi connectivity index (χ1n) is 7.12. The molecule has 1 unspecified atom stereocenters. The van der Waals surface area contributed by atoms with Crippen LogP contribution in [0.1, 0.15) is 45.0 Å². The summed E-state index contributed by atoms with van der Waals surface area (Å²) in [6.07, 6.45) is 3.28. The van der Waals surface area contributed by atoms with Crippen LogP contribution >= 0.6 is 0 Å². The molecule has 2 rings (SSSR count). The lowest BCUT2D eigenvalue weighted by Crippen LogP contribution is -2.22. The third-order valence-electron chi connectivity index (χ3n) is 3.41. The molecule has 0 aliphatic rings. The van der Waals surface area contributed by atoms with Crippen molar-refractivity contribution < 1.29 is 4.92 Å². The summed E-state index contributed by atoms with van der Waals surface area (Å²) in [4.78, 5) is 14.2. The highest BCUT2D eigenvalue weighted by atomic mass is 16.6. The Morgan fingerprint density at radius 3 is 2.50 bits per heavy atom. The zero-order valence-corrected chi connectivity index (χ0v) is 13.5. The fourth-order valence-electron chi connectivity index (χ4n) is 2.12. The summed E-state index contributed by atoms with van der Waals surface area (Å²) >= 11 is 0. The fourth-order valence-corrected chi connectivity index (χ4v) is 2.12. The summed E-state index contributed by atoms with van der Waals surface area (Å²) < 4.78 is 1.94. The van der Waals surface area contributed by atoms with E-state index in [0.29, 0.717) is 5.82 Å². The first-order valence-corrected chi connectivity index (χ1v) is 7.12. The molecule has 2 aromatic heterocycles. The highest BCUT2D eigenvalue weighted by Crippen LogP contribution is 2.24. The second-order valence-electron chi connectivity index (χ2n) is 6.31. The summed E-state index contributed by atoms with van der Waals surface area (Å²) in [7, 11) is 0. The SMILES string of the molecule is Cc1nn(C(C)(C)C)cc1C(C)Nc1ccc([N+](=O)[O-])cn1. The number of nitrogens with one attached hydrogen (secondary N) is 1. The average Bonchev–Trinajstić information content (AvgIpc) is 2.81. The van der Waals surface area contributed by atoms with Gasteiger partial charge in [-0.15, -0.1) is 0 Å². The number of pyridine rings is 1. The third-order valence-corrected chi connectivity index (χ3v) is 3.41. The zero-order chi connectivity index (χ0) is 16.5. The molecule has 2 aromatic rings. The van der Waals surface area contributed by atoms with E-state index >= 15 is 0 Å². The number of aromatic nitrogens is 3. The van der Waals surface area contributed by atoms with Crippen LogP contribution in [0, 0.1) is 17.0 Å². The Morgan fingerprint density at radius 2 is 2.05 bits per heavy atom. The van der Waals surface area contributed by atoms with Gasteiger partial charge in [0.25, 0.3) is 5.69 Å². The van der Waals surface area contributed by atoms with Crippen LogP contribution in [0.5, 0.6) is 0 Å². The van der Waals surface area contributed by atoms with Gasteiger partial charge >= 0.3 is 0 Å². The van der Waals surface area contributed by atoms with E-state index in [-0.39, 0.29) is 17.3 Å². The number of hydrogen-bond acceptors (Lipinski definition) is 5. The van der Waals surface area contributed by atoms with E-state index in [1.54, 1.807) is 6.07 Å². The van der Waals surface area contributed by atoms with Crippen LogP contribution < -0.4 is 5.32 Å². The summed E-state index contributed by atoms with van der Waals surface area (Å²) in [6.45, 7) is 10.3. The predicted octanol–water partition coefficient (Wildman–Crippen LogP) is 3.42. The van der Waals surface area contributed by atoms with Gasteiger partial charge in [0.1, 0.15) is 12.0 Å². The minimum atomic E-state index is -0.461. The Morgan fingerprint density at radius 1 is 1.36 bits per heavy atom. The molecule has 2 heterocycles. The van der Waals surface area contributed by atoms with E-state index < -0.39 is 4.92 Å². The lowest BCUT2D eigenvalue weighted by molar-refractivity contribution is -0.385. The monoisotopic (exact) mass is 303 g/mol. The predicted molar refractivity (Wildman–Crippen MR) is 84.9 cm³/mol. The maximum absolute atomic E-state index is 10.6. The number of hydrogen-bond donors (Lipinski definition) is 1. The molecule has 0 saturated heterocycles. The van der Waals surface area contributed by atoms with E-state index in [4.69, 9.17) is 0 Å². The fraction of sp³-hybridized carbons (Fsp3) is 0.467. The molecule has 0 bridgehead atoms. The van der Waals surface area contributed by atoms with Gasteiger partial charge in [-0.25, -0.2) is 4.98 Å². The maximum atomic E-state index is 10.6. The smallest absolute Gasteiger partial charge is 0.287 e. The van der Waals surface area contributed by atoms with Crippen LogP contribution in [-0.2, 0) is 5.54 Å². The van der Waals surface area contributed by atoms with Gasteiger partial charge in [-0.3, -0.25) is 14.8 Å². The summed E-state index contributed by atoms with van der Waals surface area (Å²) in [6, 6.07) is 3.05. The van der Waals surface area contributed by atoms with Crippen LogP contribution in [0.3, 0.4) is 0 Å². The topological polar surface area (TPSA) is 85.9 Å². The summed E-state index contributed by atoms with van der Waals surface area (Å²) in [5.74, 6) is 0.598. The largest absolute Gasteiger partial charge is 0.363 e. The van der Waals surface area contributed by atoms with Gasteiger partial charge in [0.15, 0.2) is 0 Å². The third kappa shape index (κ3) is 3.41. The van der Waals surface area contributed by atoms with E-state index in [9.17, 15) is 10.1 Å². The van der Waals surface area contributed by atoms with E-state index in [0.717, 1.165) is 11.3 Å². The quantitative estimate of drug-likeness (QED) is 0.691. The van der Waals surface area contributed by atoms with Gasteiger partial charge in [0.2, 0.25) is 0 Å². The molecular formula is C15H21N5O2. The van der Waals surface area contributed by atoms with Gasteiger partial charge in [-0.2, -0.15) is 5.10 Å². The van der Waals surface area contributed by atoms with Crippen molar-refractivity contribution in [1.82, 2.24) is 14.8 Å². The molecule has 0 spiro atoms. The summed E-state index contributed by atoms with van der Waals surface area (Å²) in [5.41, 5.74) is 1.94. The van der Waals surface area contributed by atoms with Crippen molar-refractivity contribution in [1.29, 1.82) is 0 Å². The second kappa shape index (κ2) is 5.75. The van der Waals surface area contributed by atoms with Crippen molar-refractivity contribution in [3.8, 4) is 0 Å². The van der Waals surface area contributed by atoms with Crippen LogP contribution in [0.15, 0.2) is 24.5 Å². The highest BCUT2D eigenvalue weighted by Gasteiger charge is 2.19. The van der Waals surface area contributed by atoms with E-state index in [1.165, 1.54) is 12.3 Å². The Bertz CT molecular complexity index is 670. The Balaban J connectivity index is 2.17. The minimum absolute atomic E-state index is 0.00468. The molecule has 0 aliphatic heterocycles. The number of aryl methyl sites for hydroxylation is 1. The van der Waals surface area contributed by atoms with Crippen LogP contribution in [0.25, 0.3) is 0 Å². The average molecular weight is 303 g/mol. The number of nitro groups is 1. The molecule has 118 valence electrons. The second-order valence-corrected chi connectivity index (χ2v) is 6.31. The molecule has 0 aliphatic carbocycles. The van der Waals surface area contributed by atoms with Crippen LogP contribution in [0.2, 0.25) is 0 Å². The van der Waals surface area contributed by atoms with Crippen LogP contribution in [0.4, 0.5) is 11.5 Å². The molecule has 0 aromatic carbocycles. The number of anilines is 1. The van der Waals surface area contributed by atoms with Crippen molar-refractivity contribution in [2.24, 2.45) is 0 Å². The first-order chi connectivity index (χ1) is 10.2. The highest BCUT2D eigenvalue weighted by molar-refractivity contribution is 5.42. The Hall–Kier alpha value is -2.44. The molecule has 1 N–H and O–H groups in total. The summed E-state index contributed by atoms with van der Waals surface area (Å²) in [5, 5.41) is 18.4. The Labute approximate surface area is 129 Å². The van der Waals surface area contributed by atoms with E-state index in [2.05, 4.69) is 36.2 Å². The van der Waals surface area contributed by atoms with E-state index in [1.807, 2.05) is 24.7 Å². The van der Waals surface area contributed by atoms with Gasteiger partial charge in [0.05, 0.1) is 22.2 Å². The minimum Gasteiger partial charge on any atom is -0.363 e. The van der Waals surface area contributed by atoms with Gasteiger partial charge in [-0.1, -0.05) is 0 Å². The number of rotatable bonds is 4. The maximum Gasteiger partial charge on any atom is 0.287 e. The molecule has 0 amide bonds. The van der Waals surface area contributed by atoms with Gasteiger partial charge in [-0.05, 0) is 40.7 Å². The lowest BCUT2D eigenvalue weighted by Gasteiger charge is -2.19. The molecule has 0 fully saturated rings. The van der Waals surface area contributed by atoms with Gasteiger partial charge in [0, 0.05) is 17.8 Å². The molecule has 7 heteroatoms. The van der Waals surface area contributed by atoms with Crippen molar-refractivity contribution in [2.45, 2.75) is 46.2 Å². The van der Waals surface area contributed by atoms with Crippen molar-refractivity contribution in [3.05, 3.63) is 45.9 Å². The molecule has 22 heavy (non-hydrogen) atoms. The molecule has 0 radical (unpaired) electrons. The molecule has 7 nitrogen and oxygen atoms in total. The standard InChI is InChI=1S/C15H21N5O2/c1-10(13-9-19(15(3,4)5)18-11(13)2)17-14-7-6-12(8-16-14)20(21)22/h6-10H,1-5H3,(H,16,17). The number of nitrogens with zero attached hydrogens (tertiary/aromatic N) is 4. The van der Waals surface area contributed by atoms with Crippen molar-refractivity contribution in [2.75, 3.05) is 5.32 Å². The molecule has 1 atom stereocenters. The van der Waals surface area contributed by atoms with Crippen molar-refractivity contribution >= 4 is 11.5 Å². The zero-order valence-electron chi connectivity index (χ0n) is 13.5. The first kappa shape index (κ1) is 15.9.